The van der Waals surface area contributed by atoms with Crippen LogP contribution in [0.1, 0.15) is 51.5 Å². The first-order valence-electron chi connectivity index (χ1n) is 10.0. The molecule has 1 aliphatic carbocycles. The summed E-state index contributed by atoms with van der Waals surface area (Å²) in [5.41, 5.74) is 1.01. The highest BCUT2D eigenvalue weighted by atomic mass is 32.2. The van der Waals surface area contributed by atoms with Crippen molar-refractivity contribution in [3.63, 3.8) is 0 Å². The molecule has 3 rings (SSSR count). The molecular formula is C20H32N2O4S. The van der Waals surface area contributed by atoms with Crippen LogP contribution >= 0.6 is 0 Å². The number of amides is 1. The number of hydrogen-bond acceptors (Lipinski definition) is 5. The first-order valence-corrected chi connectivity index (χ1v) is 11.7. The van der Waals surface area contributed by atoms with Crippen molar-refractivity contribution < 1.29 is 17.6 Å². The Balaban J connectivity index is 1.43. The molecule has 0 radical (unpaired) electrons. The van der Waals surface area contributed by atoms with Crippen LogP contribution in [0, 0.1) is 11.8 Å². The van der Waals surface area contributed by atoms with Gasteiger partial charge in [0, 0.05) is 19.0 Å². The number of carbonyl (C=O) groups is 1. The highest BCUT2D eigenvalue weighted by molar-refractivity contribution is 7.92. The van der Waals surface area contributed by atoms with Crippen molar-refractivity contribution in [1.82, 2.24) is 10.6 Å². The van der Waals surface area contributed by atoms with Gasteiger partial charge in [0.25, 0.3) is 0 Å². The molecule has 2 fully saturated rings. The molecule has 2 aliphatic rings. The van der Waals surface area contributed by atoms with E-state index in [2.05, 4.69) is 24.5 Å². The van der Waals surface area contributed by atoms with Crippen molar-refractivity contribution in [2.45, 2.75) is 63.2 Å². The normalized spacial score (nSPS) is 29.6. The Morgan fingerprint density at radius 1 is 1.33 bits per heavy atom. The Morgan fingerprint density at radius 3 is 2.78 bits per heavy atom. The zero-order chi connectivity index (χ0) is 19.5. The van der Waals surface area contributed by atoms with Crippen molar-refractivity contribution in [3.05, 3.63) is 24.2 Å². The van der Waals surface area contributed by atoms with Gasteiger partial charge in [0.15, 0.2) is 9.84 Å². The van der Waals surface area contributed by atoms with Crippen molar-refractivity contribution in [2.24, 2.45) is 11.8 Å². The summed E-state index contributed by atoms with van der Waals surface area (Å²) in [4.78, 5) is 12.0. The van der Waals surface area contributed by atoms with Crippen LogP contribution in [0.4, 0.5) is 0 Å². The lowest BCUT2D eigenvalue weighted by Crippen LogP contribution is -2.60. The third-order valence-electron chi connectivity index (χ3n) is 5.96. The summed E-state index contributed by atoms with van der Waals surface area (Å²) in [6.45, 7) is 5.83. The molecule has 0 aromatic carbocycles. The van der Waals surface area contributed by atoms with Gasteiger partial charge in [-0.05, 0) is 62.1 Å². The van der Waals surface area contributed by atoms with Gasteiger partial charge >= 0.3 is 0 Å². The quantitative estimate of drug-likeness (QED) is 0.704. The first kappa shape index (κ1) is 20.4. The number of furan rings is 1. The Labute approximate surface area is 162 Å². The molecule has 6 nitrogen and oxygen atoms in total. The summed E-state index contributed by atoms with van der Waals surface area (Å²) in [7, 11) is -3.03. The van der Waals surface area contributed by atoms with Gasteiger partial charge < -0.3 is 15.1 Å². The minimum absolute atomic E-state index is 0.0140. The Hall–Kier alpha value is -1.34. The minimum atomic E-state index is -3.03. The number of carbonyl (C=O) groups excluding carboxylic acids is 1. The highest BCUT2D eigenvalue weighted by Gasteiger charge is 2.56. The van der Waals surface area contributed by atoms with Gasteiger partial charge in [0.1, 0.15) is 0 Å². The number of aryl methyl sites for hydroxylation is 1. The van der Waals surface area contributed by atoms with Crippen LogP contribution in [-0.2, 0) is 21.1 Å². The average molecular weight is 397 g/mol. The summed E-state index contributed by atoms with van der Waals surface area (Å²) in [6, 6.07) is 2.15. The molecule has 1 aliphatic heterocycles. The number of rotatable bonds is 8. The molecule has 1 amide bonds. The monoisotopic (exact) mass is 396 g/mol. The molecule has 1 saturated carbocycles. The van der Waals surface area contributed by atoms with Crippen LogP contribution in [0.3, 0.4) is 0 Å². The van der Waals surface area contributed by atoms with Gasteiger partial charge in [-0.3, -0.25) is 4.79 Å². The molecule has 2 N–H and O–H groups in total. The lowest BCUT2D eigenvalue weighted by molar-refractivity contribution is -0.121. The second-order valence-corrected chi connectivity index (χ2v) is 11.2. The van der Waals surface area contributed by atoms with Crippen molar-refractivity contribution in [2.75, 3.05) is 18.8 Å². The van der Waals surface area contributed by atoms with E-state index in [0.29, 0.717) is 57.0 Å². The van der Waals surface area contributed by atoms with E-state index in [0.717, 1.165) is 12.1 Å². The van der Waals surface area contributed by atoms with E-state index in [1.165, 1.54) is 0 Å². The highest BCUT2D eigenvalue weighted by Crippen LogP contribution is 2.49. The Kier molecular flexibility index (Phi) is 6.31. The van der Waals surface area contributed by atoms with E-state index in [-0.39, 0.29) is 17.6 Å². The van der Waals surface area contributed by atoms with Gasteiger partial charge in [-0.2, -0.15) is 0 Å². The number of sulfone groups is 1. The van der Waals surface area contributed by atoms with E-state index >= 15 is 0 Å². The molecule has 27 heavy (non-hydrogen) atoms. The molecule has 0 bridgehead atoms. The van der Waals surface area contributed by atoms with Crippen LogP contribution in [0.2, 0.25) is 0 Å². The van der Waals surface area contributed by atoms with E-state index in [4.69, 9.17) is 4.42 Å². The predicted molar refractivity (Wildman–Crippen MR) is 105 cm³/mol. The van der Waals surface area contributed by atoms with E-state index < -0.39 is 14.6 Å². The molecule has 1 saturated heterocycles. The average Bonchev–Trinajstić information content (AvgIpc) is 3.09. The largest absolute Gasteiger partial charge is 0.472 e. The maximum atomic E-state index is 12.7. The second kappa shape index (κ2) is 8.35. The van der Waals surface area contributed by atoms with Crippen molar-refractivity contribution >= 4 is 15.7 Å². The van der Waals surface area contributed by atoms with Crippen LogP contribution in [0.15, 0.2) is 23.0 Å². The summed E-state index contributed by atoms with van der Waals surface area (Å²) in [5, 5.41) is 6.50. The molecule has 1 unspecified atom stereocenters. The van der Waals surface area contributed by atoms with Crippen LogP contribution in [0.5, 0.6) is 0 Å². The van der Waals surface area contributed by atoms with Gasteiger partial charge in [-0.1, -0.05) is 13.8 Å². The van der Waals surface area contributed by atoms with Gasteiger partial charge in [0.2, 0.25) is 5.91 Å². The van der Waals surface area contributed by atoms with Crippen molar-refractivity contribution in [3.8, 4) is 0 Å². The minimum Gasteiger partial charge on any atom is -0.472 e. The van der Waals surface area contributed by atoms with Crippen LogP contribution in [0.25, 0.3) is 0 Å². The SMILES string of the molecule is CC(C)CNC1CCS(=O)(=O)C2(CC(CNC(=O)CCc3ccoc3)C2)C1. The zero-order valence-corrected chi connectivity index (χ0v) is 17.2. The first-order chi connectivity index (χ1) is 12.8. The molecule has 1 aromatic heterocycles. The maximum absolute atomic E-state index is 12.7. The molecule has 7 heteroatoms. The van der Waals surface area contributed by atoms with E-state index in [1.807, 2.05) is 6.07 Å². The summed E-state index contributed by atoms with van der Waals surface area (Å²) in [5.74, 6) is 1.12. The number of nitrogens with one attached hydrogen (secondary N) is 2. The fourth-order valence-corrected chi connectivity index (χ4v) is 6.83. The fourth-order valence-electron chi connectivity index (χ4n) is 4.37. The van der Waals surface area contributed by atoms with Gasteiger partial charge in [0.05, 0.1) is 23.0 Å². The Morgan fingerprint density at radius 2 is 2.11 bits per heavy atom. The molecule has 1 aromatic rings. The molecule has 152 valence electrons. The summed E-state index contributed by atoms with van der Waals surface area (Å²) >= 11 is 0. The second-order valence-electron chi connectivity index (χ2n) is 8.70. The summed E-state index contributed by atoms with van der Waals surface area (Å²) < 4.78 is 29.8. The van der Waals surface area contributed by atoms with Crippen LogP contribution < -0.4 is 10.6 Å². The molecule has 1 spiro atoms. The third-order valence-corrected chi connectivity index (χ3v) is 8.55. The third kappa shape index (κ3) is 4.93. The number of hydrogen-bond donors (Lipinski definition) is 2. The standard InChI is InChI=1S/C20H32N2O4S/c1-15(2)12-21-18-6-8-27(24,25)20(11-18)9-17(10-20)13-22-19(23)4-3-16-5-7-26-14-16/h5,7,14-15,17-18,21H,3-4,6,8-13H2,1-2H3,(H,22,23). The zero-order valence-electron chi connectivity index (χ0n) is 16.4. The van der Waals surface area contributed by atoms with Gasteiger partial charge in [-0.15, -0.1) is 0 Å². The topological polar surface area (TPSA) is 88.4 Å². The van der Waals surface area contributed by atoms with Crippen LogP contribution in [-0.4, -0.2) is 44.0 Å². The lowest BCUT2D eigenvalue weighted by Gasteiger charge is -2.51. The predicted octanol–water partition coefficient (Wildman–Crippen LogP) is 2.30. The Bertz CT molecular complexity index is 721. The van der Waals surface area contributed by atoms with Crippen molar-refractivity contribution in [1.29, 1.82) is 0 Å². The maximum Gasteiger partial charge on any atom is 0.220 e. The van der Waals surface area contributed by atoms with E-state index in [9.17, 15) is 13.2 Å². The summed E-state index contributed by atoms with van der Waals surface area (Å²) in [6.07, 6.45) is 7.13. The van der Waals surface area contributed by atoms with E-state index in [1.54, 1.807) is 12.5 Å². The molecular weight excluding hydrogens is 364 g/mol. The fraction of sp³-hybridized carbons (Fsp3) is 0.750. The molecule has 2 heterocycles. The smallest absolute Gasteiger partial charge is 0.220 e. The molecule has 1 atom stereocenters. The lowest BCUT2D eigenvalue weighted by atomic mass is 9.70. The van der Waals surface area contributed by atoms with Gasteiger partial charge in [-0.25, -0.2) is 8.42 Å².